The van der Waals surface area contributed by atoms with Gasteiger partial charge in [0.25, 0.3) is 5.91 Å². The summed E-state index contributed by atoms with van der Waals surface area (Å²) >= 11 is 9.79. The summed E-state index contributed by atoms with van der Waals surface area (Å²) in [5.41, 5.74) is 3.97. The van der Waals surface area contributed by atoms with Crippen molar-refractivity contribution >= 4 is 59.2 Å². The minimum Gasteiger partial charge on any atom is -0.378 e. The van der Waals surface area contributed by atoms with E-state index < -0.39 is 37.5 Å². The fourth-order valence-corrected chi connectivity index (χ4v) is 9.79. The normalized spacial score (nSPS) is 17.7. The van der Waals surface area contributed by atoms with Crippen LogP contribution in [0.4, 0.5) is 4.39 Å². The number of alkyl halides is 1. The van der Waals surface area contributed by atoms with E-state index in [1.54, 1.807) is 48.2 Å². The van der Waals surface area contributed by atoms with E-state index in [9.17, 15) is 26.4 Å². The maximum Gasteiger partial charge on any atom is 0.258 e. The molecule has 2 aliphatic rings. The predicted octanol–water partition coefficient (Wildman–Crippen LogP) is 4.00. The molecule has 2 saturated heterocycles. The number of benzene rings is 2. The average molecular weight is 893 g/mol. The summed E-state index contributed by atoms with van der Waals surface area (Å²) in [6.07, 6.45) is 2.58. The van der Waals surface area contributed by atoms with Gasteiger partial charge in [-0.3, -0.25) is 14.5 Å². The van der Waals surface area contributed by atoms with Crippen LogP contribution in [-0.4, -0.2) is 139 Å². The average Bonchev–Trinajstić information content (AvgIpc) is 3.15. The number of piperazine rings is 1. The molecule has 0 saturated carbocycles. The van der Waals surface area contributed by atoms with Crippen LogP contribution < -0.4 is 11.1 Å². The molecule has 1 atom stereocenters. The Kier molecular flexibility index (Phi) is 17.5. The van der Waals surface area contributed by atoms with Gasteiger partial charge in [-0.25, -0.2) is 21.2 Å². The molecule has 2 aromatic rings. The van der Waals surface area contributed by atoms with E-state index in [4.69, 9.17) is 26.8 Å². The van der Waals surface area contributed by atoms with E-state index in [0.29, 0.717) is 72.9 Å². The Morgan fingerprint density at radius 3 is 2.35 bits per heavy atom. The molecule has 18 heteroatoms. The van der Waals surface area contributed by atoms with Gasteiger partial charge in [0.15, 0.2) is 15.5 Å². The van der Waals surface area contributed by atoms with Gasteiger partial charge in [0.05, 0.1) is 30.5 Å². The monoisotopic (exact) mass is 891 g/mol. The molecule has 55 heavy (non-hydrogen) atoms. The number of hydrogen-bond acceptors (Lipinski definition) is 10. The van der Waals surface area contributed by atoms with E-state index in [-0.39, 0.29) is 49.1 Å². The predicted molar refractivity (Wildman–Crippen MR) is 215 cm³/mol. The first-order valence-corrected chi connectivity index (χ1v) is 22.8. The zero-order chi connectivity index (χ0) is 40.1. The SMILES string of the molecule is C[C@H](/C=C\S(=O)(=O)CCCCCN1CCN(C(=O)COCCOCCN)CC1)NC(=O)C1(F)CCN(S(=O)(=O)c2ccc(Br)cc2-c2ccccc2Cl)CC1. The number of carbonyl (C=O) groups excluding carboxylic acids is 2. The highest BCUT2D eigenvalue weighted by Crippen LogP contribution is 2.38. The van der Waals surface area contributed by atoms with Crippen molar-refractivity contribution in [1.82, 2.24) is 19.4 Å². The number of amides is 2. The number of hydrogen-bond donors (Lipinski definition) is 2. The van der Waals surface area contributed by atoms with Crippen LogP contribution in [0.2, 0.25) is 5.02 Å². The third-order valence-electron chi connectivity index (χ3n) is 9.57. The molecule has 3 N–H and O–H groups in total. The number of unbranched alkanes of at least 4 members (excludes halogenated alkanes) is 2. The lowest BCUT2D eigenvalue weighted by molar-refractivity contribution is -0.138. The van der Waals surface area contributed by atoms with Crippen LogP contribution in [0.1, 0.15) is 39.0 Å². The molecule has 0 spiro atoms. The van der Waals surface area contributed by atoms with Crippen LogP contribution in [-0.2, 0) is 38.9 Å². The summed E-state index contributed by atoms with van der Waals surface area (Å²) < 4.78 is 81.2. The number of carbonyl (C=O) groups is 2. The Morgan fingerprint density at radius 1 is 0.964 bits per heavy atom. The summed E-state index contributed by atoms with van der Waals surface area (Å²) in [7, 11) is -7.63. The molecule has 0 bridgehead atoms. The van der Waals surface area contributed by atoms with Gasteiger partial charge in [-0.1, -0.05) is 58.2 Å². The Balaban J connectivity index is 1.15. The minimum absolute atomic E-state index is 0.0197. The first-order valence-electron chi connectivity index (χ1n) is 18.5. The van der Waals surface area contributed by atoms with Gasteiger partial charge in [-0.05, 0) is 50.6 Å². The molecule has 4 rings (SSSR count). The number of halogens is 3. The van der Waals surface area contributed by atoms with Gasteiger partial charge < -0.3 is 25.4 Å². The lowest BCUT2D eigenvalue weighted by atomic mass is 9.93. The highest BCUT2D eigenvalue weighted by molar-refractivity contribution is 9.10. The Labute approximate surface area is 337 Å². The van der Waals surface area contributed by atoms with Crippen LogP contribution in [0.5, 0.6) is 0 Å². The molecule has 2 aliphatic heterocycles. The van der Waals surface area contributed by atoms with Gasteiger partial charge in [-0.2, -0.15) is 4.31 Å². The topological polar surface area (TPSA) is 169 Å². The number of ether oxygens (including phenoxy) is 2. The summed E-state index contributed by atoms with van der Waals surface area (Å²) in [5, 5.41) is 3.97. The molecule has 13 nitrogen and oxygen atoms in total. The third kappa shape index (κ3) is 13.6. The molecule has 2 heterocycles. The molecular weight excluding hydrogens is 841 g/mol. The summed E-state index contributed by atoms with van der Waals surface area (Å²) in [5.74, 6) is -1.02. The lowest BCUT2D eigenvalue weighted by Crippen LogP contribution is -2.53. The van der Waals surface area contributed by atoms with E-state index in [0.717, 1.165) is 31.5 Å². The second-order valence-corrected chi connectivity index (χ2v) is 18.9. The van der Waals surface area contributed by atoms with Crippen LogP contribution in [0, 0.1) is 0 Å². The number of piperidine rings is 1. The van der Waals surface area contributed by atoms with Crippen molar-refractivity contribution in [2.75, 3.05) is 84.5 Å². The van der Waals surface area contributed by atoms with Crippen LogP contribution >= 0.6 is 27.5 Å². The summed E-state index contributed by atoms with van der Waals surface area (Å²) in [4.78, 5) is 29.4. The molecule has 2 fully saturated rings. The molecule has 2 aromatic carbocycles. The smallest absolute Gasteiger partial charge is 0.258 e. The zero-order valence-electron chi connectivity index (χ0n) is 31.1. The van der Waals surface area contributed by atoms with E-state index in [1.165, 1.54) is 16.4 Å². The van der Waals surface area contributed by atoms with Crippen molar-refractivity contribution in [3.05, 3.63) is 63.4 Å². The maximum atomic E-state index is 15.9. The van der Waals surface area contributed by atoms with Crippen molar-refractivity contribution in [2.45, 2.75) is 55.6 Å². The number of nitrogens with zero attached hydrogens (tertiary/aromatic N) is 3. The molecule has 0 radical (unpaired) electrons. The Morgan fingerprint density at radius 2 is 1.65 bits per heavy atom. The fourth-order valence-electron chi connectivity index (χ4n) is 6.34. The second kappa shape index (κ2) is 21.3. The minimum atomic E-state index is -4.07. The largest absolute Gasteiger partial charge is 0.378 e. The summed E-state index contributed by atoms with van der Waals surface area (Å²) in [6, 6.07) is 10.9. The Hall–Kier alpha value is -2.48. The third-order valence-corrected chi connectivity index (χ3v) is 13.8. The quantitative estimate of drug-likeness (QED) is 0.186. The molecule has 0 unspecified atom stereocenters. The van der Waals surface area contributed by atoms with Gasteiger partial charge in [0, 0.05) is 90.7 Å². The number of nitrogens with one attached hydrogen (secondary N) is 1. The van der Waals surface area contributed by atoms with E-state index >= 15 is 4.39 Å². The van der Waals surface area contributed by atoms with Crippen molar-refractivity contribution in [2.24, 2.45) is 5.73 Å². The number of sulfonamides is 1. The molecule has 306 valence electrons. The van der Waals surface area contributed by atoms with Crippen molar-refractivity contribution in [3.8, 4) is 11.1 Å². The van der Waals surface area contributed by atoms with E-state index in [2.05, 4.69) is 26.1 Å². The first kappa shape index (κ1) is 45.2. The van der Waals surface area contributed by atoms with Crippen molar-refractivity contribution in [3.63, 3.8) is 0 Å². The van der Waals surface area contributed by atoms with Gasteiger partial charge in [0.1, 0.15) is 6.61 Å². The maximum absolute atomic E-state index is 15.9. The van der Waals surface area contributed by atoms with Crippen LogP contribution in [0.25, 0.3) is 11.1 Å². The highest BCUT2D eigenvalue weighted by atomic mass is 79.9. The molecular formula is C37H52BrClFN5O8S2. The van der Waals surface area contributed by atoms with Gasteiger partial charge in [-0.15, -0.1) is 0 Å². The van der Waals surface area contributed by atoms with Crippen molar-refractivity contribution < 1.29 is 40.3 Å². The molecule has 0 aromatic heterocycles. The van der Waals surface area contributed by atoms with Crippen molar-refractivity contribution in [1.29, 1.82) is 0 Å². The van der Waals surface area contributed by atoms with Gasteiger partial charge >= 0.3 is 0 Å². The highest BCUT2D eigenvalue weighted by Gasteiger charge is 2.45. The fraction of sp³-hybridized carbons (Fsp3) is 0.568. The Bertz CT molecular complexity index is 1840. The van der Waals surface area contributed by atoms with E-state index in [1.807, 2.05) is 0 Å². The summed E-state index contributed by atoms with van der Waals surface area (Å²) in [6.45, 7) is 6.28. The molecule has 2 amide bonds. The first-order chi connectivity index (χ1) is 26.1. The molecule has 0 aliphatic carbocycles. The number of rotatable bonds is 20. The van der Waals surface area contributed by atoms with Crippen LogP contribution in [0.15, 0.2) is 63.3 Å². The van der Waals surface area contributed by atoms with Gasteiger partial charge in [0.2, 0.25) is 15.9 Å². The standard InChI is InChI=1S/C37H52BrClFN5O8S2/c1-29(11-26-54(48,49)25-6-2-5-15-43-18-20-44(21-19-43)35(46)28-53-24-23-52-22-14-41)42-36(47)37(40)12-16-45(17-13-37)55(50,51)34-10-9-30(38)27-32(34)31-7-3-4-8-33(31)39/h3-4,7-11,26-27,29H,2,5-6,12-25,28,41H2,1H3,(H,42,47)/b26-11-/t29-/m1/s1. The zero-order valence-corrected chi connectivity index (χ0v) is 35.1. The number of nitrogens with two attached hydrogens (primary N) is 1. The number of sulfone groups is 1. The second-order valence-electron chi connectivity index (χ2n) is 13.7. The lowest BCUT2D eigenvalue weighted by Gasteiger charge is -2.35. The van der Waals surface area contributed by atoms with Crippen LogP contribution in [0.3, 0.4) is 0 Å².